The summed E-state index contributed by atoms with van der Waals surface area (Å²) in [6.45, 7) is 12.6. The summed E-state index contributed by atoms with van der Waals surface area (Å²) >= 11 is 5.51. The minimum atomic E-state index is -1.58. The van der Waals surface area contributed by atoms with Crippen molar-refractivity contribution in [2.75, 3.05) is 5.88 Å². The first-order chi connectivity index (χ1) is 10.2. The van der Waals surface area contributed by atoms with Crippen LogP contribution < -0.4 is 4.72 Å². The van der Waals surface area contributed by atoms with Crippen molar-refractivity contribution >= 4 is 28.5 Å². The molecule has 0 saturated carbocycles. The van der Waals surface area contributed by atoms with Crippen molar-refractivity contribution in [1.29, 1.82) is 0 Å². The highest BCUT2D eigenvalue weighted by Gasteiger charge is 2.22. The zero-order chi connectivity index (χ0) is 17.0. The number of carbonyl (C=O) groups is 1. The Bertz CT molecular complexity index is 539. The zero-order valence-electron chi connectivity index (χ0n) is 14.2. The average Bonchev–Trinajstić information content (AvgIpc) is 2.44. The third-order valence-electron chi connectivity index (χ3n) is 3.59. The van der Waals surface area contributed by atoms with Gasteiger partial charge in [0.2, 0.25) is 5.91 Å². The largest absolute Gasteiger partial charge is 0.273 e. The van der Waals surface area contributed by atoms with Crippen molar-refractivity contribution in [3.8, 4) is 0 Å². The molecule has 1 aromatic rings. The first-order valence-corrected chi connectivity index (χ1v) is 9.32. The lowest BCUT2D eigenvalue weighted by molar-refractivity contribution is -0.116. The number of hydrogen-bond donors (Lipinski definition) is 1. The van der Waals surface area contributed by atoms with E-state index in [0.29, 0.717) is 5.92 Å². The molecule has 0 fully saturated rings. The van der Waals surface area contributed by atoms with Gasteiger partial charge >= 0.3 is 0 Å². The molecule has 1 unspecified atom stereocenters. The summed E-state index contributed by atoms with van der Waals surface area (Å²) in [7, 11) is -1.58. The van der Waals surface area contributed by atoms with E-state index in [4.69, 9.17) is 11.6 Å². The van der Waals surface area contributed by atoms with Gasteiger partial charge in [0.05, 0.1) is 4.90 Å². The molecule has 1 aromatic carbocycles. The Hall–Kier alpha value is -0.870. The molecule has 0 saturated heterocycles. The maximum Gasteiger partial charge on any atom is 0.246 e. The van der Waals surface area contributed by atoms with E-state index in [2.05, 4.69) is 58.4 Å². The lowest BCUT2D eigenvalue weighted by Crippen LogP contribution is -2.28. The third-order valence-corrected chi connectivity index (χ3v) is 5.09. The number of nitrogens with one attached hydrogen (secondary N) is 1. The Balaban J connectivity index is 3.51. The highest BCUT2D eigenvalue weighted by molar-refractivity contribution is 7.83. The van der Waals surface area contributed by atoms with Crippen LogP contribution in [0.25, 0.3) is 0 Å². The van der Waals surface area contributed by atoms with Gasteiger partial charge in [0, 0.05) is 0 Å². The standard InChI is InChI=1S/C17H26ClNO2S/c1-10(2)13-7-14(11(3)4)17(15(8-13)12(5)6)22(21)19-16(20)9-18/h7-8,10-12H,9H2,1-6H3,(H,19,20). The van der Waals surface area contributed by atoms with Crippen molar-refractivity contribution in [2.45, 2.75) is 64.2 Å². The zero-order valence-corrected chi connectivity index (χ0v) is 15.8. The Labute approximate surface area is 141 Å². The van der Waals surface area contributed by atoms with Gasteiger partial charge in [0.25, 0.3) is 0 Å². The van der Waals surface area contributed by atoms with Gasteiger partial charge in [0.1, 0.15) is 5.88 Å². The van der Waals surface area contributed by atoms with Gasteiger partial charge in [-0.25, -0.2) is 4.21 Å². The third kappa shape index (κ3) is 4.56. The van der Waals surface area contributed by atoms with Crippen LogP contribution in [0, 0.1) is 0 Å². The molecule has 0 aromatic heterocycles. The van der Waals surface area contributed by atoms with Crippen LogP contribution in [0.2, 0.25) is 0 Å². The molecule has 0 aliphatic carbocycles. The number of alkyl halides is 1. The quantitative estimate of drug-likeness (QED) is 0.776. The first kappa shape index (κ1) is 19.2. The van der Waals surface area contributed by atoms with Crippen molar-refractivity contribution in [3.05, 3.63) is 28.8 Å². The number of halogens is 1. The second kappa shape index (κ2) is 8.11. The van der Waals surface area contributed by atoms with E-state index in [1.165, 1.54) is 5.56 Å². The van der Waals surface area contributed by atoms with Gasteiger partial charge in [-0.2, -0.15) is 0 Å². The minimum absolute atomic E-state index is 0.191. The molecule has 1 atom stereocenters. The second-order valence-electron chi connectivity index (χ2n) is 6.42. The molecule has 1 rings (SSSR count). The SMILES string of the molecule is CC(C)c1cc(C(C)C)c(S(=O)NC(=O)CCl)c(C(C)C)c1. The van der Waals surface area contributed by atoms with Gasteiger partial charge < -0.3 is 0 Å². The van der Waals surface area contributed by atoms with Crippen molar-refractivity contribution in [2.24, 2.45) is 0 Å². The van der Waals surface area contributed by atoms with E-state index in [0.717, 1.165) is 16.0 Å². The summed E-state index contributed by atoms with van der Waals surface area (Å²) in [6.07, 6.45) is 0. The van der Waals surface area contributed by atoms with Gasteiger partial charge in [0.15, 0.2) is 11.0 Å². The summed E-state index contributed by atoms with van der Waals surface area (Å²) in [6, 6.07) is 4.22. The summed E-state index contributed by atoms with van der Waals surface area (Å²) in [5.74, 6) is 0.238. The fourth-order valence-corrected chi connectivity index (χ4v) is 3.83. The van der Waals surface area contributed by atoms with Crippen LogP contribution in [-0.2, 0) is 15.8 Å². The second-order valence-corrected chi connectivity index (χ2v) is 7.84. The van der Waals surface area contributed by atoms with Crippen LogP contribution in [-0.4, -0.2) is 16.0 Å². The molecular formula is C17H26ClNO2S. The number of amides is 1. The summed E-state index contributed by atoms with van der Waals surface area (Å²) in [4.78, 5) is 12.2. The lowest BCUT2D eigenvalue weighted by atomic mass is 9.89. The first-order valence-electron chi connectivity index (χ1n) is 7.63. The fourth-order valence-electron chi connectivity index (χ4n) is 2.29. The van der Waals surface area contributed by atoms with Crippen molar-refractivity contribution < 1.29 is 9.00 Å². The maximum atomic E-state index is 12.7. The Morgan fingerprint density at radius 3 is 1.82 bits per heavy atom. The van der Waals surface area contributed by atoms with Crippen LogP contribution in [0.1, 0.15) is 76.0 Å². The molecule has 5 heteroatoms. The fraction of sp³-hybridized carbons (Fsp3) is 0.588. The molecule has 3 nitrogen and oxygen atoms in total. The number of rotatable bonds is 6. The number of benzene rings is 1. The van der Waals surface area contributed by atoms with Gasteiger partial charge in [-0.3, -0.25) is 9.52 Å². The smallest absolute Gasteiger partial charge is 0.246 e. The van der Waals surface area contributed by atoms with E-state index in [-0.39, 0.29) is 17.7 Å². The molecule has 0 spiro atoms. The molecule has 124 valence electrons. The minimum Gasteiger partial charge on any atom is -0.273 e. The van der Waals surface area contributed by atoms with Gasteiger partial charge in [-0.05, 0) is 34.4 Å². The molecular weight excluding hydrogens is 318 g/mol. The number of hydrogen-bond acceptors (Lipinski definition) is 2. The Kier molecular flexibility index (Phi) is 7.07. The van der Waals surface area contributed by atoms with E-state index in [9.17, 15) is 9.00 Å². The van der Waals surface area contributed by atoms with Crippen LogP contribution >= 0.6 is 11.6 Å². The lowest BCUT2D eigenvalue weighted by Gasteiger charge is -2.22. The predicted molar refractivity (Wildman–Crippen MR) is 94.0 cm³/mol. The van der Waals surface area contributed by atoms with Crippen LogP contribution in [0.4, 0.5) is 0 Å². The molecule has 0 radical (unpaired) electrons. The molecule has 0 aliphatic rings. The molecule has 0 aliphatic heterocycles. The molecule has 1 amide bonds. The monoisotopic (exact) mass is 343 g/mol. The predicted octanol–water partition coefficient (Wildman–Crippen LogP) is 4.43. The van der Waals surface area contributed by atoms with E-state index in [1.54, 1.807) is 0 Å². The average molecular weight is 344 g/mol. The molecule has 1 N–H and O–H groups in total. The molecule has 0 heterocycles. The Morgan fingerprint density at radius 2 is 1.50 bits per heavy atom. The summed E-state index contributed by atoms with van der Waals surface area (Å²) in [5.41, 5.74) is 3.29. The van der Waals surface area contributed by atoms with E-state index in [1.807, 2.05) is 0 Å². The maximum absolute atomic E-state index is 12.7. The van der Waals surface area contributed by atoms with Crippen LogP contribution in [0.5, 0.6) is 0 Å². The van der Waals surface area contributed by atoms with Crippen molar-refractivity contribution in [1.82, 2.24) is 4.72 Å². The normalized spacial score (nSPS) is 13.0. The van der Waals surface area contributed by atoms with E-state index < -0.39 is 16.9 Å². The molecule has 0 bridgehead atoms. The van der Waals surface area contributed by atoms with E-state index >= 15 is 0 Å². The Morgan fingerprint density at radius 1 is 1.05 bits per heavy atom. The van der Waals surface area contributed by atoms with Gasteiger partial charge in [-0.15, -0.1) is 11.6 Å². The topological polar surface area (TPSA) is 46.2 Å². The molecule has 22 heavy (non-hydrogen) atoms. The number of carbonyl (C=O) groups excluding carboxylic acids is 1. The van der Waals surface area contributed by atoms with Crippen molar-refractivity contribution in [3.63, 3.8) is 0 Å². The summed E-state index contributed by atoms with van der Waals surface area (Å²) in [5, 5.41) is 0. The highest BCUT2D eigenvalue weighted by Crippen LogP contribution is 2.33. The van der Waals surface area contributed by atoms with Crippen LogP contribution in [0.15, 0.2) is 17.0 Å². The highest BCUT2D eigenvalue weighted by atomic mass is 35.5. The van der Waals surface area contributed by atoms with Gasteiger partial charge in [-0.1, -0.05) is 53.7 Å². The van der Waals surface area contributed by atoms with Crippen LogP contribution in [0.3, 0.4) is 0 Å². The summed E-state index contributed by atoms with van der Waals surface area (Å²) < 4.78 is 15.2.